The highest BCUT2D eigenvalue weighted by atomic mass is 32.1. The van der Waals surface area contributed by atoms with Gasteiger partial charge in [-0.2, -0.15) is 0 Å². The summed E-state index contributed by atoms with van der Waals surface area (Å²) in [6.07, 6.45) is 0. The van der Waals surface area contributed by atoms with Crippen molar-refractivity contribution in [3.8, 4) is 11.1 Å². The molecule has 0 unspecified atom stereocenters. The number of benzene rings is 6. The molecule has 0 saturated carbocycles. The molecular formula is C34H19NS. The smallest absolute Gasteiger partial charge is 0.0626 e. The Morgan fingerprint density at radius 1 is 0.444 bits per heavy atom. The van der Waals surface area contributed by atoms with Gasteiger partial charge in [-0.1, -0.05) is 84.9 Å². The van der Waals surface area contributed by atoms with Gasteiger partial charge in [-0.25, -0.2) is 0 Å². The van der Waals surface area contributed by atoms with E-state index in [1.165, 1.54) is 80.2 Å². The van der Waals surface area contributed by atoms with Crippen LogP contribution >= 0.6 is 11.3 Å². The fraction of sp³-hybridized carbons (Fsp3) is 0. The first-order valence-corrected chi connectivity index (χ1v) is 13.2. The van der Waals surface area contributed by atoms with Crippen molar-refractivity contribution in [2.24, 2.45) is 0 Å². The average Bonchev–Trinajstić information content (AvgIpc) is 3.58. The minimum atomic E-state index is 1.28. The number of rotatable bonds is 1. The zero-order valence-corrected chi connectivity index (χ0v) is 20.1. The van der Waals surface area contributed by atoms with E-state index >= 15 is 0 Å². The number of nitrogens with zero attached hydrogens (tertiary/aromatic N) is 1. The predicted octanol–water partition coefficient (Wildman–Crippen LogP) is 10.0. The molecule has 9 aromatic rings. The van der Waals surface area contributed by atoms with E-state index in [1.54, 1.807) is 0 Å². The van der Waals surface area contributed by atoms with Gasteiger partial charge in [0, 0.05) is 41.7 Å². The van der Waals surface area contributed by atoms with Crippen molar-refractivity contribution in [3.05, 3.63) is 115 Å². The third kappa shape index (κ3) is 2.26. The fourth-order valence-corrected chi connectivity index (χ4v) is 7.54. The molecule has 6 aromatic carbocycles. The van der Waals surface area contributed by atoms with Gasteiger partial charge < -0.3 is 4.40 Å². The van der Waals surface area contributed by atoms with Crippen LogP contribution in [-0.2, 0) is 0 Å². The van der Waals surface area contributed by atoms with Gasteiger partial charge in [0.2, 0.25) is 0 Å². The molecule has 1 nitrogen and oxygen atoms in total. The zero-order valence-electron chi connectivity index (χ0n) is 19.3. The highest BCUT2D eigenvalue weighted by Crippen LogP contribution is 2.45. The summed E-state index contributed by atoms with van der Waals surface area (Å²) in [6.45, 7) is 0. The Bertz CT molecular complexity index is 2310. The lowest BCUT2D eigenvalue weighted by Crippen LogP contribution is -1.84. The normalized spacial score (nSPS) is 12.4. The summed E-state index contributed by atoms with van der Waals surface area (Å²) in [4.78, 5) is 0. The molecular weight excluding hydrogens is 454 g/mol. The Morgan fingerprint density at radius 3 is 2.08 bits per heavy atom. The summed E-state index contributed by atoms with van der Waals surface area (Å²) < 4.78 is 5.17. The van der Waals surface area contributed by atoms with Crippen molar-refractivity contribution >= 4 is 80.4 Å². The summed E-state index contributed by atoms with van der Waals surface area (Å²) in [7, 11) is 0. The molecule has 166 valence electrons. The molecule has 0 aliphatic heterocycles. The van der Waals surface area contributed by atoms with Crippen LogP contribution < -0.4 is 0 Å². The molecule has 0 aliphatic rings. The van der Waals surface area contributed by atoms with Crippen LogP contribution in [0.25, 0.3) is 80.2 Å². The van der Waals surface area contributed by atoms with Crippen LogP contribution in [0, 0.1) is 0 Å². The quantitative estimate of drug-likeness (QED) is 0.223. The highest BCUT2D eigenvalue weighted by Gasteiger charge is 2.21. The van der Waals surface area contributed by atoms with Crippen molar-refractivity contribution in [2.45, 2.75) is 0 Å². The van der Waals surface area contributed by atoms with E-state index in [0.717, 1.165) is 0 Å². The van der Waals surface area contributed by atoms with Crippen molar-refractivity contribution in [3.63, 3.8) is 0 Å². The number of hydrogen-bond acceptors (Lipinski definition) is 1. The van der Waals surface area contributed by atoms with E-state index in [9.17, 15) is 0 Å². The molecule has 0 atom stereocenters. The summed E-state index contributed by atoms with van der Waals surface area (Å²) in [6, 6.07) is 42.7. The maximum atomic E-state index is 2.47. The van der Waals surface area contributed by atoms with Gasteiger partial charge in [0.15, 0.2) is 0 Å². The molecule has 0 fully saturated rings. The molecule has 0 N–H and O–H groups in total. The molecule has 0 spiro atoms. The molecule has 0 amide bonds. The molecule has 2 heteroatoms. The third-order valence-electron chi connectivity index (χ3n) is 7.92. The van der Waals surface area contributed by atoms with E-state index < -0.39 is 0 Å². The van der Waals surface area contributed by atoms with Crippen LogP contribution in [0.4, 0.5) is 0 Å². The molecule has 0 bridgehead atoms. The predicted molar refractivity (Wildman–Crippen MR) is 157 cm³/mol. The van der Waals surface area contributed by atoms with Crippen LogP contribution in [-0.4, -0.2) is 4.40 Å². The van der Waals surface area contributed by atoms with Crippen LogP contribution in [0.15, 0.2) is 115 Å². The van der Waals surface area contributed by atoms with E-state index in [2.05, 4.69) is 120 Å². The van der Waals surface area contributed by atoms with Crippen LogP contribution in [0.3, 0.4) is 0 Å². The van der Waals surface area contributed by atoms with Crippen molar-refractivity contribution < 1.29 is 0 Å². The topological polar surface area (TPSA) is 4.41 Å². The lowest BCUT2D eigenvalue weighted by Gasteiger charge is -2.10. The minimum Gasteiger partial charge on any atom is -0.308 e. The van der Waals surface area contributed by atoms with Crippen molar-refractivity contribution in [1.82, 2.24) is 4.40 Å². The first-order valence-electron chi connectivity index (χ1n) is 12.4. The average molecular weight is 474 g/mol. The largest absolute Gasteiger partial charge is 0.308 e. The summed E-state index contributed by atoms with van der Waals surface area (Å²) in [5, 5.41) is 10.6. The molecule has 9 rings (SSSR count). The molecule has 3 aromatic heterocycles. The van der Waals surface area contributed by atoms with E-state index in [-0.39, 0.29) is 0 Å². The van der Waals surface area contributed by atoms with E-state index in [1.807, 2.05) is 11.3 Å². The van der Waals surface area contributed by atoms with Gasteiger partial charge in [0.05, 0.1) is 16.6 Å². The molecule has 0 saturated heterocycles. The van der Waals surface area contributed by atoms with Gasteiger partial charge >= 0.3 is 0 Å². The lowest BCUT2D eigenvalue weighted by molar-refractivity contribution is 1.37. The monoisotopic (exact) mass is 473 g/mol. The second-order valence-electron chi connectivity index (χ2n) is 9.73. The van der Waals surface area contributed by atoms with Gasteiger partial charge in [-0.05, 0) is 52.2 Å². The first kappa shape index (κ1) is 18.9. The minimum absolute atomic E-state index is 1.28. The highest BCUT2D eigenvalue weighted by molar-refractivity contribution is 7.25. The lowest BCUT2D eigenvalue weighted by atomic mass is 9.93. The van der Waals surface area contributed by atoms with Gasteiger partial charge in [0.25, 0.3) is 0 Å². The molecule has 0 aliphatic carbocycles. The summed E-state index contributed by atoms with van der Waals surface area (Å²) >= 11 is 1.89. The molecule has 3 heterocycles. The Hall–Kier alpha value is -4.40. The Kier molecular flexibility index (Phi) is 3.47. The molecule has 0 radical (unpaired) electrons. The standard InChI is InChI=1S/C34H19NS/c1-4-13-29-22(9-1)25-17-16-24(33-26-11-2-5-14-30(26)35(29)34(25)33)21-12-7-8-20-18-28-23-10-3-6-15-31(23)36-32(28)19-27(20)21/h1-19H. The van der Waals surface area contributed by atoms with Crippen molar-refractivity contribution in [1.29, 1.82) is 0 Å². The fourth-order valence-electron chi connectivity index (χ4n) is 6.42. The second kappa shape index (κ2) is 6.63. The first-order chi connectivity index (χ1) is 17.9. The Balaban J connectivity index is 1.46. The van der Waals surface area contributed by atoms with Crippen LogP contribution in [0.2, 0.25) is 0 Å². The van der Waals surface area contributed by atoms with Crippen LogP contribution in [0.1, 0.15) is 0 Å². The van der Waals surface area contributed by atoms with Gasteiger partial charge in [0.1, 0.15) is 0 Å². The van der Waals surface area contributed by atoms with E-state index in [4.69, 9.17) is 0 Å². The Morgan fingerprint density at radius 2 is 1.19 bits per heavy atom. The second-order valence-corrected chi connectivity index (χ2v) is 10.8. The summed E-state index contributed by atoms with van der Waals surface area (Å²) in [5.41, 5.74) is 6.49. The van der Waals surface area contributed by atoms with Crippen molar-refractivity contribution in [2.75, 3.05) is 0 Å². The number of aromatic nitrogens is 1. The Labute approximate surface area is 210 Å². The number of para-hydroxylation sites is 2. The summed E-state index contributed by atoms with van der Waals surface area (Å²) in [5.74, 6) is 0. The maximum absolute atomic E-state index is 2.47. The van der Waals surface area contributed by atoms with E-state index in [0.29, 0.717) is 0 Å². The number of thiophene rings is 1. The SMILES string of the molecule is c1cc(-c2ccc3c4ccccc4n4c5ccccc5c2c34)c2cc3sc4ccccc4c3cc2c1. The maximum Gasteiger partial charge on any atom is 0.0626 e. The third-order valence-corrected chi connectivity index (χ3v) is 9.05. The van der Waals surface area contributed by atoms with Gasteiger partial charge in [-0.3, -0.25) is 0 Å². The zero-order chi connectivity index (χ0) is 23.4. The number of hydrogen-bond donors (Lipinski definition) is 0. The molecule has 36 heavy (non-hydrogen) atoms. The number of fused-ring (bicyclic) bond motifs is 10. The van der Waals surface area contributed by atoms with Crippen LogP contribution in [0.5, 0.6) is 0 Å². The van der Waals surface area contributed by atoms with Gasteiger partial charge in [-0.15, -0.1) is 11.3 Å².